The molecule has 1 aliphatic rings. The van der Waals surface area contributed by atoms with Crippen molar-refractivity contribution in [1.29, 1.82) is 0 Å². The fourth-order valence-corrected chi connectivity index (χ4v) is 3.04. The van der Waals surface area contributed by atoms with Crippen molar-refractivity contribution in [3.8, 4) is 5.75 Å². The van der Waals surface area contributed by atoms with Gasteiger partial charge in [-0.05, 0) is 30.7 Å². The van der Waals surface area contributed by atoms with Crippen LogP contribution in [0, 0.1) is 5.82 Å². The molecule has 0 spiro atoms. The number of hydrogen-bond acceptors (Lipinski definition) is 5. The van der Waals surface area contributed by atoms with Crippen LogP contribution in [0.2, 0.25) is 0 Å². The molecule has 21 heavy (non-hydrogen) atoms. The average molecular weight is 308 g/mol. The molecule has 1 atom stereocenters. The number of halogens is 1. The third-order valence-corrected chi connectivity index (χ3v) is 4.24. The Kier molecular flexibility index (Phi) is 4.19. The van der Waals surface area contributed by atoms with Gasteiger partial charge in [0, 0.05) is 25.0 Å². The lowest BCUT2D eigenvalue weighted by Crippen LogP contribution is -2.39. The Morgan fingerprint density at radius 2 is 2.19 bits per heavy atom. The zero-order chi connectivity index (χ0) is 14.7. The summed E-state index contributed by atoms with van der Waals surface area (Å²) < 4.78 is 18.4. The predicted molar refractivity (Wildman–Crippen MR) is 78.9 cm³/mol. The van der Waals surface area contributed by atoms with Crippen LogP contribution in [-0.4, -0.2) is 40.3 Å². The number of β-amino-alcohol motifs (C(OH)–C–C–N with tert-alkyl or cyclic N) is 1. The summed E-state index contributed by atoms with van der Waals surface area (Å²) in [6.45, 7) is 2.35. The van der Waals surface area contributed by atoms with Crippen LogP contribution >= 0.6 is 11.3 Å². The van der Waals surface area contributed by atoms with E-state index in [0.29, 0.717) is 18.7 Å². The zero-order valence-electron chi connectivity index (χ0n) is 11.5. The van der Waals surface area contributed by atoms with E-state index in [1.165, 1.54) is 12.1 Å². The minimum absolute atomic E-state index is 0.214. The maximum Gasteiger partial charge on any atom is 0.123 e. The molecule has 6 heteroatoms. The van der Waals surface area contributed by atoms with E-state index in [1.54, 1.807) is 23.5 Å². The smallest absolute Gasteiger partial charge is 0.123 e. The summed E-state index contributed by atoms with van der Waals surface area (Å²) in [5.74, 6) is 0.277. The Bertz CT molecular complexity index is 576. The van der Waals surface area contributed by atoms with Crippen LogP contribution in [0.15, 0.2) is 35.2 Å². The molecule has 2 aromatic rings. The van der Waals surface area contributed by atoms with Crippen molar-refractivity contribution in [2.24, 2.45) is 0 Å². The summed E-state index contributed by atoms with van der Waals surface area (Å²) >= 11 is 1.58. The van der Waals surface area contributed by atoms with Gasteiger partial charge >= 0.3 is 0 Å². The van der Waals surface area contributed by atoms with E-state index in [4.69, 9.17) is 4.74 Å². The number of nitrogens with zero attached hydrogens (tertiary/aromatic N) is 2. The Morgan fingerprint density at radius 3 is 2.90 bits per heavy atom. The number of hydrogen-bond donors (Lipinski definition) is 1. The van der Waals surface area contributed by atoms with Gasteiger partial charge in [0.15, 0.2) is 0 Å². The summed E-state index contributed by atoms with van der Waals surface area (Å²) in [6.07, 6.45) is 0.665. The first kappa shape index (κ1) is 14.4. The fourth-order valence-electron chi connectivity index (χ4n) is 2.49. The van der Waals surface area contributed by atoms with E-state index in [9.17, 15) is 9.50 Å². The van der Waals surface area contributed by atoms with Crippen LogP contribution in [0.5, 0.6) is 5.75 Å². The molecule has 0 radical (unpaired) electrons. The van der Waals surface area contributed by atoms with Gasteiger partial charge in [-0.3, -0.25) is 4.90 Å². The quantitative estimate of drug-likeness (QED) is 0.920. The molecule has 1 aromatic carbocycles. The van der Waals surface area contributed by atoms with E-state index in [2.05, 4.69) is 9.88 Å². The molecular formula is C15H17FN2O2S. The molecule has 112 valence electrons. The van der Waals surface area contributed by atoms with Crippen molar-refractivity contribution in [3.63, 3.8) is 0 Å². The lowest BCUT2D eigenvalue weighted by atomic mass is 10.1. The molecule has 1 unspecified atom stereocenters. The van der Waals surface area contributed by atoms with Crippen molar-refractivity contribution in [2.45, 2.75) is 18.6 Å². The Hall–Kier alpha value is -1.50. The van der Waals surface area contributed by atoms with Gasteiger partial charge in [-0.2, -0.15) is 0 Å². The van der Waals surface area contributed by atoms with E-state index in [0.717, 1.165) is 18.8 Å². The van der Waals surface area contributed by atoms with Crippen LogP contribution in [-0.2, 0) is 6.54 Å². The molecule has 1 N–H and O–H groups in total. The van der Waals surface area contributed by atoms with Gasteiger partial charge in [-0.1, -0.05) is 0 Å². The molecule has 4 nitrogen and oxygen atoms in total. The zero-order valence-corrected chi connectivity index (χ0v) is 12.4. The van der Waals surface area contributed by atoms with Crippen LogP contribution in [0.3, 0.4) is 0 Å². The van der Waals surface area contributed by atoms with Crippen LogP contribution < -0.4 is 4.74 Å². The molecule has 3 rings (SSSR count). The normalized spacial score (nSPS) is 22.6. The molecule has 1 saturated heterocycles. The second-order valence-corrected chi connectivity index (χ2v) is 6.13. The summed E-state index contributed by atoms with van der Waals surface area (Å²) in [7, 11) is 0. The highest BCUT2D eigenvalue weighted by atomic mass is 32.1. The highest BCUT2D eigenvalue weighted by Gasteiger charge is 2.37. The second-order valence-electron chi connectivity index (χ2n) is 5.41. The third kappa shape index (κ3) is 3.78. The van der Waals surface area contributed by atoms with Crippen molar-refractivity contribution >= 4 is 11.3 Å². The lowest BCUT2D eigenvalue weighted by Gasteiger charge is -2.23. The van der Waals surface area contributed by atoms with E-state index in [1.807, 2.05) is 10.9 Å². The molecule has 2 heterocycles. The van der Waals surface area contributed by atoms with Crippen LogP contribution in [0.25, 0.3) is 0 Å². The Balaban J connectivity index is 1.52. The van der Waals surface area contributed by atoms with Crippen LogP contribution in [0.1, 0.15) is 12.1 Å². The van der Waals surface area contributed by atoms with Gasteiger partial charge in [-0.15, -0.1) is 11.3 Å². The number of benzene rings is 1. The molecule has 0 saturated carbocycles. The highest BCUT2D eigenvalue weighted by molar-refractivity contribution is 7.07. The molecule has 0 aliphatic carbocycles. The summed E-state index contributed by atoms with van der Waals surface area (Å²) in [5, 5.41) is 12.6. The third-order valence-electron chi connectivity index (χ3n) is 3.60. The predicted octanol–water partition coefficient (Wildman–Crippen LogP) is 2.30. The van der Waals surface area contributed by atoms with Gasteiger partial charge in [-0.25, -0.2) is 9.37 Å². The van der Waals surface area contributed by atoms with Gasteiger partial charge in [0.2, 0.25) is 0 Å². The first-order chi connectivity index (χ1) is 10.1. The number of aliphatic hydroxyl groups is 1. The minimum atomic E-state index is -0.857. The van der Waals surface area contributed by atoms with E-state index in [-0.39, 0.29) is 12.4 Å². The maximum atomic E-state index is 12.8. The summed E-state index contributed by atoms with van der Waals surface area (Å²) in [6, 6.07) is 5.84. The topological polar surface area (TPSA) is 45.6 Å². The first-order valence-electron chi connectivity index (χ1n) is 6.83. The number of aromatic nitrogens is 1. The molecule has 1 aliphatic heterocycles. The molecule has 0 amide bonds. The number of rotatable bonds is 5. The van der Waals surface area contributed by atoms with Gasteiger partial charge in [0.25, 0.3) is 0 Å². The summed E-state index contributed by atoms with van der Waals surface area (Å²) in [5.41, 5.74) is 1.99. The Morgan fingerprint density at radius 1 is 1.38 bits per heavy atom. The minimum Gasteiger partial charge on any atom is -0.491 e. The van der Waals surface area contributed by atoms with Crippen molar-refractivity contribution in [3.05, 3.63) is 46.7 Å². The number of thiazole rings is 1. The average Bonchev–Trinajstić information content (AvgIpc) is 3.10. The summed E-state index contributed by atoms with van der Waals surface area (Å²) in [4.78, 5) is 6.43. The number of likely N-dealkylation sites (tertiary alicyclic amines) is 1. The van der Waals surface area contributed by atoms with Crippen molar-refractivity contribution in [2.75, 3.05) is 19.7 Å². The fraction of sp³-hybridized carbons (Fsp3) is 0.400. The SMILES string of the molecule is OC1(COc2ccc(F)cc2)CCN(Cc2cscn2)C1. The largest absolute Gasteiger partial charge is 0.491 e. The van der Waals surface area contributed by atoms with Gasteiger partial charge < -0.3 is 9.84 Å². The second kappa shape index (κ2) is 6.09. The van der Waals surface area contributed by atoms with Gasteiger partial charge in [0.1, 0.15) is 23.8 Å². The molecule has 1 fully saturated rings. The maximum absolute atomic E-state index is 12.8. The molecular weight excluding hydrogens is 291 g/mol. The van der Waals surface area contributed by atoms with Crippen molar-refractivity contribution < 1.29 is 14.2 Å². The van der Waals surface area contributed by atoms with Gasteiger partial charge in [0.05, 0.1) is 11.2 Å². The highest BCUT2D eigenvalue weighted by Crippen LogP contribution is 2.24. The standard InChI is InChI=1S/C15H17FN2O2S/c16-12-1-3-14(4-2-12)20-10-15(19)5-6-18(9-15)7-13-8-21-11-17-13/h1-4,8,11,19H,5-7,9-10H2. The van der Waals surface area contributed by atoms with Crippen LogP contribution in [0.4, 0.5) is 4.39 Å². The van der Waals surface area contributed by atoms with Crippen molar-refractivity contribution in [1.82, 2.24) is 9.88 Å². The lowest BCUT2D eigenvalue weighted by molar-refractivity contribution is 0.00330. The first-order valence-corrected chi connectivity index (χ1v) is 7.77. The monoisotopic (exact) mass is 308 g/mol. The number of ether oxygens (including phenoxy) is 1. The van der Waals surface area contributed by atoms with E-state index >= 15 is 0 Å². The Labute approximate surface area is 126 Å². The molecule has 1 aromatic heterocycles. The molecule has 0 bridgehead atoms. The van der Waals surface area contributed by atoms with E-state index < -0.39 is 5.60 Å².